The van der Waals surface area contributed by atoms with Crippen LogP contribution in [0.4, 0.5) is 10.5 Å². The van der Waals surface area contributed by atoms with Crippen molar-refractivity contribution >= 4 is 17.7 Å². The van der Waals surface area contributed by atoms with Gasteiger partial charge in [-0.25, -0.2) is 4.79 Å². The molecule has 6 nitrogen and oxygen atoms in total. The van der Waals surface area contributed by atoms with Crippen LogP contribution in [0.5, 0.6) is 0 Å². The van der Waals surface area contributed by atoms with Gasteiger partial charge in [-0.2, -0.15) is 0 Å². The molecule has 0 saturated heterocycles. The molecule has 1 heterocycles. The number of carboxylic acids is 1. The molecule has 0 bridgehead atoms. The Morgan fingerprint density at radius 1 is 1.35 bits per heavy atom. The molecule has 0 spiro atoms. The fourth-order valence-electron chi connectivity index (χ4n) is 1.60. The fraction of sp³-hybridized carbons (Fsp3) is 0.500. The number of pyridine rings is 1. The Labute approximate surface area is 118 Å². The number of carboxylic acid groups (broad SMARTS) is 1. The van der Waals surface area contributed by atoms with E-state index in [1.807, 2.05) is 6.92 Å². The third-order valence-electron chi connectivity index (χ3n) is 3.30. The van der Waals surface area contributed by atoms with Gasteiger partial charge in [0.05, 0.1) is 24.0 Å². The van der Waals surface area contributed by atoms with Gasteiger partial charge in [-0.05, 0) is 25.0 Å². The maximum atomic E-state index is 12.0. The van der Waals surface area contributed by atoms with Crippen LogP contribution < -0.4 is 5.32 Å². The third kappa shape index (κ3) is 4.53. The summed E-state index contributed by atoms with van der Waals surface area (Å²) < 4.78 is 0. The van der Waals surface area contributed by atoms with Crippen molar-refractivity contribution in [2.45, 2.75) is 33.2 Å². The summed E-state index contributed by atoms with van der Waals surface area (Å²) in [4.78, 5) is 28.2. The molecule has 0 aliphatic rings. The van der Waals surface area contributed by atoms with Gasteiger partial charge in [0.25, 0.3) is 0 Å². The van der Waals surface area contributed by atoms with Gasteiger partial charge in [-0.15, -0.1) is 0 Å². The standard InChI is InChI=1S/C14H21N3O3/c1-9(2)10(3)17(4)14(20)16-12-6-5-11(15-8-12)7-13(18)19/h5-6,8-10H,7H2,1-4H3,(H,16,20)(H,18,19). The molecule has 0 aromatic carbocycles. The number of urea groups is 1. The maximum Gasteiger partial charge on any atom is 0.321 e. The molecule has 2 N–H and O–H groups in total. The molecule has 6 heteroatoms. The minimum Gasteiger partial charge on any atom is -0.481 e. The normalized spacial score (nSPS) is 12.1. The quantitative estimate of drug-likeness (QED) is 0.865. The van der Waals surface area contributed by atoms with Gasteiger partial charge < -0.3 is 15.3 Å². The van der Waals surface area contributed by atoms with E-state index in [4.69, 9.17) is 5.11 Å². The van der Waals surface area contributed by atoms with Crippen LogP contribution in [0.3, 0.4) is 0 Å². The molecule has 110 valence electrons. The van der Waals surface area contributed by atoms with Crippen LogP contribution in [0.25, 0.3) is 0 Å². The number of hydrogen-bond donors (Lipinski definition) is 2. The van der Waals surface area contributed by atoms with Gasteiger partial charge in [-0.1, -0.05) is 13.8 Å². The molecule has 0 aliphatic carbocycles. The van der Waals surface area contributed by atoms with Crippen molar-refractivity contribution in [2.24, 2.45) is 5.92 Å². The smallest absolute Gasteiger partial charge is 0.321 e. The first-order chi connectivity index (χ1) is 9.31. The lowest BCUT2D eigenvalue weighted by molar-refractivity contribution is -0.136. The second-order valence-corrected chi connectivity index (χ2v) is 5.13. The average molecular weight is 279 g/mol. The zero-order valence-corrected chi connectivity index (χ0v) is 12.3. The second-order valence-electron chi connectivity index (χ2n) is 5.13. The largest absolute Gasteiger partial charge is 0.481 e. The number of carbonyl (C=O) groups excluding carboxylic acids is 1. The van der Waals surface area contributed by atoms with Crippen molar-refractivity contribution in [2.75, 3.05) is 12.4 Å². The lowest BCUT2D eigenvalue weighted by Crippen LogP contribution is -2.40. The second kappa shape index (κ2) is 6.88. The topological polar surface area (TPSA) is 82.5 Å². The van der Waals surface area contributed by atoms with Crippen LogP contribution in [-0.4, -0.2) is 40.1 Å². The molecule has 1 rings (SSSR count). The van der Waals surface area contributed by atoms with Crippen LogP contribution in [-0.2, 0) is 11.2 Å². The third-order valence-corrected chi connectivity index (χ3v) is 3.30. The Balaban J connectivity index is 2.64. The Morgan fingerprint density at radius 2 is 2.00 bits per heavy atom. The minimum atomic E-state index is -0.931. The van der Waals surface area contributed by atoms with Gasteiger partial charge in [-0.3, -0.25) is 9.78 Å². The van der Waals surface area contributed by atoms with Gasteiger partial charge >= 0.3 is 12.0 Å². The molecule has 2 amide bonds. The van der Waals surface area contributed by atoms with Crippen LogP contribution in [0.15, 0.2) is 18.3 Å². The monoisotopic (exact) mass is 279 g/mol. The Bertz CT molecular complexity index is 471. The summed E-state index contributed by atoms with van der Waals surface area (Å²) >= 11 is 0. The number of aliphatic carboxylic acids is 1. The van der Waals surface area contributed by atoms with E-state index in [0.717, 1.165) is 0 Å². The summed E-state index contributed by atoms with van der Waals surface area (Å²) in [5.74, 6) is -0.568. The summed E-state index contributed by atoms with van der Waals surface area (Å²) in [5.41, 5.74) is 1.01. The van der Waals surface area contributed by atoms with E-state index in [2.05, 4.69) is 24.1 Å². The Morgan fingerprint density at radius 3 is 2.45 bits per heavy atom. The first-order valence-electron chi connectivity index (χ1n) is 6.51. The molecule has 0 aliphatic heterocycles. The molecule has 1 atom stereocenters. The van der Waals surface area contributed by atoms with E-state index < -0.39 is 5.97 Å². The lowest BCUT2D eigenvalue weighted by atomic mass is 10.1. The molecular weight excluding hydrogens is 258 g/mol. The number of nitrogens with one attached hydrogen (secondary N) is 1. The van der Waals surface area contributed by atoms with E-state index in [9.17, 15) is 9.59 Å². The highest BCUT2D eigenvalue weighted by atomic mass is 16.4. The van der Waals surface area contributed by atoms with Gasteiger partial charge in [0.15, 0.2) is 0 Å². The number of rotatable bonds is 5. The molecule has 0 saturated carbocycles. The number of aromatic nitrogens is 1. The van der Waals surface area contributed by atoms with Crippen LogP contribution in [0.2, 0.25) is 0 Å². The van der Waals surface area contributed by atoms with Crippen molar-refractivity contribution in [3.8, 4) is 0 Å². The van der Waals surface area contributed by atoms with E-state index in [1.165, 1.54) is 6.20 Å². The molecule has 1 aromatic heterocycles. The van der Waals surface area contributed by atoms with Crippen molar-refractivity contribution in [1.82, 2.24) is 9.88 Å². The Kier molecular flexibility index (Phi) is 5.49. The lowest BCUT2D eigenvalue weighted by Gasteiger charge is -2.28. The number of carbonyl (C=O) groups is 2. The summed E-state index contributed by atoms with van der Waals surface area (Å²) in [7, 11) is 1.74. The number of nitrogens with zero attached hydrogens (tertiary/aromatic N) is 2. The van der Waals surface area contributed by atoms with Gasteiger partial charge in [0.1, 0.15) is 0 Å². The van der Waals surface area contributed by atoms with E-state index in [-0.39, 0.29) is 18.5 Å². The molecule has 0 fully saturated rings. The zero-order chi connectivity index (χ0) is 15.3. The van der Waals surface area contributed by atoms with E-state index in [1.54, 1.807) is 24.1 Å². The average Bonchev–Trinajstić information content (AvgIpc) is 2.38. The van der Waals surface area contributed by atoms with Crippen LogP contribution in [0.1, 0.15) is 26.5 Å². The molecule has 20 heavy (non-hydrogen) atoms. The zero-order valence-electron chi connectivity index (χ0n) is 12.3. The predicted molar refractivity (Wildman–Crippen MR) is 76.7 cm³/mol. The van der Waals surface area contributed by atoms with Crippen LogP contribution >= 0.6 is 0 Å². The summed E-state index contributed by atoms with van der Waals surface area (Å²) in [6.45, 7) is 6.09. The molecule has 0 radical (unpaired) electrons. The molecule has 1 unspecified atom stereocenters. The summed E-state index contributed by atoms with van der Waals surface area (Å²) in [5, 5.41) is 11.4. The Hall–Kier alpha value is -2.11. The van der Waals surface area contributed by atoms with E-state index >= 15 is 0 Å². The highest BCUT2D eigenvalue weighted by Crippen LogP contribution is 2.12. The van der Waals surface area contributed by atoms with Crippen molar-refractivity contribution in [3.05, 3.63) is 24.0 Å². The number of amides is 2. The highest BCUT2D eigenvalue weighted by Gasteiger charge is 2.18. The fourth-order valence-corrected chi connectivity index (χ4v) is 1.60. The summed E-state index contributed by atoms with van der Waals surface area (Å²) in [6.07, 6.45) is 1.34. The maximum absolute atomic E-state index is 12.0. The van der Waals surface area contributed by atoms with Crippen molar-refractivity contribution in [3.63, 3.8) is 0 Å². The highest BCUT2D eigenvalue weighted by molar-refractivity contribution is 5.89. The summed E-state index contributed by atoms with van der Waals surface area (Å²) in [6, 6.07) is 3.15. The first-order valence-corrected chi connectivity index (χ1v) is 6.51. The molecule has 1 aromatic rings. The number of anilines is 1. The minimum absolute atomic E-state index is 0.120. The van der Waals surface area contributed by atoms with Crippen molar-refractivity contribution in [1.29, 1.82) is 0 Å². The van der Waals surface area contributed by atoms with Gasteiger partial charge in [0.2, 0.25) is 0 Å². The predicted octanol–water partition coefficient (Wildman–Crippen LogP) is 2.22. The molecular formula is C14H21N3O3. The van der Waals surface area contributed by atoms with Crippen LogP contribution in [0, 0.1) is 5.92 Å². The van der Waals surface area contributed by atoms with Crippen molar-refractivity contribution < 1.29 is 14.7 Å². The van der Waals surface area contributed by atoms with Gasteiger partial charge in [0, 0.05) is 13.1 Å². The SMILES string of the molecule is CC(C)C(C)N(C)C(=O)Nc1ccc(CC(=O)O)nc1. The van der Waals surface area contributed by atoms with E-state index in [0.29, 0.717) is 17.3 Å². The first kappa shape index (κ1) is 15.9. The number of hydrogen-bond acceptors (Lipinski definition) is 3.